The lowest BCUT2D eigenvalue weighted by Gasteiger charge is -2.21. The van der Waals surface area contributed by atoms with Gasteiger partial charge in [0.05, 0.1) is 0 Å². The maximum absolute atomic E-state index is 9.75. The first kappa shape index (κ1) is 11.8. The number of aromatic hydroxyl groups is 1. The van der Waals surface area contributed by atoms with Crippen LogP contribution in [0.25, 0.3) is 0 Å². The van der Waals surface area contributed by atoms with Crippen LogP contribution in [0.1, 0.15) is 44.7 Å². The van der Waals surface area contributed by atoms with Gasteiger partial charge >= 0.3 is 0 Å². The largest absolute Gasteiger partial charge is 0.508 e. The van der Waals surface area contributed by atoms with Crippen LogP contribution >= 0.6 is 0 Å². The maximum Gasteiger partial charge on any atom is 0.119 e. The van der Waals surface area contributed by atoms with Crippen molar-refractivity contribution in [2.24, 2.45) is 0 Å². The van der Waals surface area contributed by atoms with E-state index in [1.165, 1.54) is 5.56 Å². The molecule has 0 saturated carbocycles. The smallest absolute Gasteiger partial charge is 0.119 e. The molecule has 0 aliphatic carbocycles. The van der Waals surface area contributed by atoms with Crippen molar-refractivity contribution in [2.45, 2.75) is 39.0 Å². The van der Waals surface area contributed by atoms with E-state index < -0.39 is 0 Å². The first-order valence-electron chi connectivity index (χ1n) is 5.32. The molecular formula is C14H20O. The molecule has 82 valence electrons. The summed E-state index contributed by atoms with van der Waals surface area (Å²) in [5, 5.41) is 9.75. The van der Waals surface area contributed by atoms with Crippen LogP contribution in [0.5, 0.6) is 5.75 Å². The third kappa shape index (κ3) is 2.62. The van der Waals surface area contributed by atoms with Gasteiger partial charge in [-0.15, -0.1) is 6.58 Å². The number of phenols is 1. The first-order chi connectivity index (χ1) is 6.86. The molecule has 0 saturated heterocycles. The topological polar surface area (TPSA) is 20.2 Å². The monoisotopic (exact) mass is 204 g/mol. The van der Waals surface area contributed by atoms with E-state index in [0.29, 0.717) is 5.75 Å². The van der Waals surface area contributed by atoms with Gasteiger partial charge < -0.3 is 5.11 Å². The van der Waals surface area contributed by atoms with Crippen LogP contribution in [0.3, 0.4) is 0 Å². The average Bonchev–Trinajstić information content (AvgIpc) is 2.15. The highest BCUT2D eigenvalue weighted by Gasteiger charge is 2.16. The van der Waals surface area contributed by atoms with Crippen molar-refractivity contribution in [1.29, 1.82) is 0 Å². The summed E-state index contributed by atoms with van der Waals surface area (Å²) in [6.07, 6.45) is 1.85. The maximum atomic E-state index is 9.75. The summed E-state index contributed by atoms with van der Waals surface area (Å²) in [6.45, 7) is 12.3. The molecule has 1 N–H and O–H groups in total. The summed E-state index contributed by atoms with van der Waals surface area (Å²) in [4.78, 5) is 0. The minimum atomic E-state index is 0.114. The van der Waals surface area contributed by atoms with E-state index in [1.807, 2.05) is 19.1 Å². The summed E-state index contributed by atoms with van der Waals surface area (Å²) in [5.74, 6) is 0.544. The molecule has 1 heteroatoms. The van der Waals surface area contributed by atoms with Crippen molar-refractivity contribution in [3.05, 3.63) is 42.0 Å². The van der Waals surface area contributed by atoms with Gasteiger partial charge in [0.1, 0.15) is 5.75 Å². The molecule has 0 bridgehead atoms. The lowest BCUT2D eigenvalue weighted by atomic mass is 9.84. The molecule has 15 heavy (non-hydrogen) atoms. The lowest BCUT2D eigenvalue weighted by molar-refractivity contribution is 0.465. The van der Waals surface area contributed by atoms with Crippen LogP contribution in [0.4, 0.5) is 0 Å². The predicted octanol–water partition coefficient (Wildman–Crippen LogP) is 3.98. The number of benzene rings is 1. The van der Waals surface area contributed by atoms with E-state index in [4.69, 9.17) is 0 Å². The zero-order valence-corrected chi connectivity index (χ0v) is 10.0. The van der Waals surface area contributed by atoms with Crippen molar-refractivity contribution in [3.63, 3.8) is 0 Å². The van der Waals surface area contributed by atoms with Gasteiger partial charge in [-0.2, -0.15) is 0 Å². The Morgan fingerprint density at radius 2 is 1.93 bits per heavy atom. The fourth-order valence-electron chi connectivity index (χ4n) is 1.51. The quantitative estimate of drug-likeness (QED) is 0.722. The number of phenolic OH excluding ortho intramolecular Hbond substituents is 1. The van der Waals surface area contributed by atoms with E-state index in [-0.39, 0.29) is 11.3 Å². The Labute approximate surface area is 92.5 Å². The molecule has 1 atom stereocenters. The summed E-state index contributed by atoms with van der Waals surface area (Å²) >= 11 is 0. The summed E-state index contributed by atoms with van der Waals surface area (Å²) in [6, 6.07) is 5.83. The molecule has 1 aromatic carbocycles. The lowest BCUT2D eigenvalue weighted by Crippen LogP contribution is -2.11. The molecular weight excluding hydrogens is 184 g/mol. The highest BCUT2D eigenvalue weighted by molar-refractivity contribution is 5.41. The average molecular weight is 204 g/mol. The molecule has 0 radical (unpaired) electrons. The van der Waals surface area contributed by atoms with E-state index in [1.54, 1.807) is 6.07 Å². The first-order valence-corrected chi connectivity index (χ1v) is 5.32. The third-order valence-electron chi connectivity index (χ3n) is 2.74. The normalized spacial score (nSPS) is 13.6. The number of rotatable bonds is 2. The van der Waals surface area contributed by atoms with Crippen molar-refractivity contribution >= 4 is 0 Å². The molecule has 1 unspecified atom stereocenters. The predicted molar refractivity (Wildman–Crippen MR) is 65.4 cm³/mol. The minimum Gasteiger partial charge on any atom is -0.508 e. The van der Waals surface area contributed by atoms with Crippen LogP contribution in [0.15, 0.2) is 30.9 Å². The molecule has 0 aromatic heterocycles. The molecule has 1 nitrogen and oxygen atoms in total. The molecule has 0 heterocycles. The summed E-state index contributed by atoms with van der Waals surface area (Å²) in [7, 11) is 0. The van der Waals surface area contributed by atoms with Crippen molar-refractivity contribution in [3.8, 4) is 5.75 Å². The van der Waals surface area contributed by atoms with Crippen LogP contribution in [-0.2, 0) is 5.41 Å². The molecule has 1 aromatic rings. The van der Waals surface area contributed by atoms with Crippen LogP contribution in [0.2, 0.25) is 0 Å². The van der Waals surface area contributed by atoms with Gasteiger partial charge in [0.2, 0.25) is 0 Å². The van der Waals surface area contributed by atoms with Gasteiger partial charge in [-0.3, -0.25) is 0 Å². The Morgan fingerprint density at radius 3 is 2.40 bits per heavy atom. The van der Waals surface area contributed by atoms with E-state index in [2.05, 4.69) is 33.4 Å². The highest BCUT2D eigenvalue weighted by atomic mass is 16.3. The number of hydrogen-bond donors (Lipinski definition) is 1. The summed E-state index contributed by atoms with van der Waals surface area (Å²) < 4.78 is 0. The summed E-state index contributed by atoms with van der Waals surface area (Å²) in [5.41, 5.74) is 2.31. The fourth-order valence-corrected chi connectivity index (χ4v) is 1.51. The molecule has 0 fully saturated rings. The second kappa shape index (κ2) is 4.09. The zero-order chi connectivity index (χ0) is 11.6. The minimum absolute atomic E-state index is 0.114. The van der Waals surface area contributed by atoms with Gasteiger partial charge in [-0.25, -0.2) is 0 Å². The van der Waals surface area contributed by atoms with Crippen LogP contribution < -0.4 is 0 Å². The Kier molecular flexibility index (Phi) is 3.23. The van der Waals surface area contributed by atoms with Crippen molar-refractivity contribution in [2.75, 3.05) is 0 Å². The Bertz CT molecular complexity index is 358. The van der Waals surface area contributed by atoms with Crippen LogP contribution in [-0.4, -0.2) is 5.11 Å². The third-order valence-corrected chi connectivity index (χ3v) is 2.74. The standard InChI is InChI=1S/C14H20O/c1-6-10(2)12-9-11(14(3,4)5)7-8-13(12)15/h6-10,15H,1H2,2-5H3. The molecule has 0 spiro atoms. The van der Waals surface area contributed by atoms with Gasteiger partial charge in [-0.1, -0.05) is 45.9 Å². The highest BCUT2D eigenvalue weighted by Crippen LogP contribution is 2.31. The van der Waals surface area contributed by atoms with Gasteiger partial charge in [0.15, 0.2) is 0 Å². The Morgan fingerprint density at radius 1 is 1.33 bits per heavy atom. The molecule has 0 aliphatic rings. The SMILES string of the molecule is C=CC(C)c1cc(C(C)(C)C)ccc1O. The fraction of sp³-hybridized carbons (Fsp3) is 0.429. The second-order valence-corrected chi connectivity index (χ2v) is 5.05. The van der Waals surface area contributed by atoms with Gasteiger partial charge in [0.25, 0.3) is 0 Å². The molecule has 0 amide bonds. The molecule has 1 rings (SSSR count). The van der Waals surface area contributed by atoms with Crippen LogP contribution in [0, 0.1) is 0 Å². The number of allylic oxidation sites excluding steroid dienone is 1. The van der Waals surface area contributed by atoms with Gasteiger partial charge in [0, 0.05) is 11.5 Å². The van der Waals surface area contributed by atoms with Crippen molar-refractivity contribution < 1.29 is 5.11 Å². The second-order valence-electron chi connectivity index (χ2n) is 5.05. The number of hydrogen-bond acceptors (Lipinski definition) is 1. The van der Waals surface area contributed by atoms with E-state index in [9.17, 15) is 5.11 Å². The van der Waals surface area contributed by atoms with Gasteiger partial charge in [-0.05, 0) is 17.0 Å². The van der Waals surface area contributed by atoms with E-state index in [0.717, 1.165) is 5.56 Å². The zero-order valence-electron chi connectivity index (χ0n) is 10.0. The van der Waals surface area contributed by atoms with E-state index >= 15 is 0 Å². The van der Waals surface area contributed by atoms with Crippen molar-refractivity contribution in [1.82, 2.24) is 0 Å². The molecule has 0 aliphatic heterocycles. The Hall–Kier alpha value is -1.24. The Balaban J connectivity index is 3.22.